The van der Waals surface area contributed by atoms with E-state index in [9.17, 15) is 9.90 Å². The van der Waals surface area contributed by atoms with Crippen LogP contribution in [0.3, 0.4) is 0 Å². The topological polar surface area (TPSA) is 115 Å². The van der Waals surface area contributed by atoms with E-state index in [0.29, 0.717) is 30.0 Å². The molecule has 2 heterocycles. The van der Waals surface area contributed by atoms with E-state index in [4.69, 9.17) is 16.2 Å². The molecular weight excluding hydrogens is 392 g/mol. The lowest BCUT2D eigenvalue weighted by Crippen LogP contribution is -2.36. The van der Waals surface area contributed by atoms with Crippen molar-refractivity contribution in [1.82, 2.24) is 4.98 Å². The number of aryl methyl sites for hydroxylation is 1. The van der Waals surface area contributed by atoms with Crippen LogP contribution in [-0.2, 0) is 4.74 Å². The van der Waals surface area contributed by atoms with Gasteiger partial charge in [0.1, 0.15) is 11.6 Å². The third-order valence-corrected chi connectivity index (χ3v) is 5.77. The Morgan fingerprint density at radius 1 is 1.10 bits per heavy atom. The molecule has 160 valence electrons. The lowest BCUT2D eigenvalue weighted by atomic mass is 9.89. The van der Waals surface area contributed by atoms with Crippen molar-refractivity contribution < 1.29 is 14.6 Å². The highest BCUT2D eigenvalue weighted by atomic mass is 16.5. The number of amides is 1. The van der Waals surface area contributed by atoms with Crippen molar-refractivity contribution in [1.29, 1.82) is 0 Å². The summed E-state index contributed by atoms with van der Waals surface area (Å²) in [5.41, 5.74) is 17.4. The van der Waals surface area contributed by atoms with Crippen molar-refractivity contribution in [3.8, 4) is 28.0 Å². The number of aromatic hydroxyl groups is 1. The molecule has 0 bridgehead atoms. The highest BCUT2D eigenvalue weighted by Gasteiger charge is 2.19. The van der Waals surface area contributed by atoms with E-state index in [1.165, 1.54) is 0 Å². The minimum Gasteiger partial charge on any atom is -0.508 e. The number of benzene rings is 2. The number of nitrogens with zero attached hydrogens (tertiary/aromatic N) is 2. The Morgan fingerprint density at radius 2 is 1.84 bits per heavy atom. The number of anilines is 2. The number of pyridine rings is 1. The lowest BCUT2D eigenvalue weighted by Gasteiger charge is -2.28. The molecular formula is C24H26N4O3. The molecule has 0 saturated carbocycles. The molecule has 2 aromatic carbocycles. The number of nitrogen functional groups attached to an aromatic ring is 1. The molecule has 1 fully saturated rings. The fourth-order valence-electron chi connectivity index (χ4n) is 4.04. The maximum Gasteiger partial charge on any atom is 0.250 e. The zero-order valence-electron chi connectivity index (χ0n) is 17.7. The number of hydrogen-bond acceptors (Lipinski definition) is 6. The van der Waals surface area contributed by atoms with Crippen LogP contribution in [0.2, 0.25) is 0 Å². The molecule has 0 radical (unpaired) electrons. The van der Waals surface area contributed by atoms with Crippen LogP contribution in [0.1, 0.15) is 21.5 Å². The van der Waals surface area contributed by atoms with Gasteiger partial charge in [0.05, 0.1) is 24.5 Å². The Kier molecular flexibility index (Phi) is 5.52. The van der Waals surface area contributed by atoms with Crippen LogP contribution in [-0.4, -0.2) is 42.3 Å². The summed E-state index contributed by atoms with van der Waals surface area (Å²) >= 11 is 0. The summed E-state index contributed by atoms with van der Waals surface area (Å²) < 4.78 is 5.43. The second-order valence-electron chi connectivity index (χ2n) is 7.75. The van der Waals surface area contributed by atoms with Crippen LogP contribution >= 0.6 is 0 Å². The van der Waals surface area contributed by atoms with E-state index in [-0.39, 0.29) is 11.3 Å². The standard InChI is InChI=1S/C24H26N4O3/c1-14-3-4-20(29)15(2)22(14)18-11-17(12-19(23(18)25)24(26)30)16-5-6-27-21(13-16)28-7-9-31-10-8-28/h3-6,11-13,29H,7-10,25H2,1-2H3,(H2,26,30). The zero-order chi connectivity index (χ0) is 22.1. The van der Waals surface area contributed by atoms with Crippen molar-refractivity contribution in [3.63, 3.8) is 0 Å². The Hall–Kier alpha value is -3.58. The van der Waals surface area contributed by atoms with Gasteiger partial charge >= 0.3 is 0 Å². The number of rotatable bonds is 4. The number of phenolic OH excluding ortho intramolecular Hbond substituents is 1. The van der Waals surface area contributed by atoms with Crippen LogP contribution in [0, 0.1) is 13.8 Å². The van der Waals surface area contributed by atoms with Gasteiger partial charge < -0.3 is 26.2 Å². The van der Waals surface area contributed by atoms with E-state index in [1.54, 1.807) is 18.3 Å². The van der Waals surface area contributed by atoms with Crippen molar-refractivity contribution in [2.75, 3.05) is 36.9 Å². The van der Waals surface area contributed by atoms with Gasteiger partial charge in [-0.1, -0.05) is 6.07 Å². The van der Waals surface area contributed by atoms with Crippen LogP contribution in [0.25, 0.3) is 22.3 Å². The van der Waals surface area contributed by atoms with Crippen LogP contribution in [0.15, 0.2) is 42.6 Å². The first-order chi connectivity index (χ1) is 14.9. The van der Waals surface area contributed by atoms with Crippen LogP contribution in [0.5, 0.6) is 5.75 Å². The third kappa shape index (κ3) is 3.92. The zero-order valence-corrected chi connectivity index (χ0v) is 17.7. The average molecular weight is 418 g/mol. The van der Waals surface area contributed by atoms with Gasteiger partial charge in [0.15, 0.2) is 0 Å². The summed E-state index contributed by atoms with van der Waals surface area (Å²) in [6, 6.07) is 11.0. The van der Waals surface area contributed by atoms with Gasteiger partial charge in [-0.3, -0.25) is 4.79 Å². The highest BCUT2D eigenvalue weighted by molar-refractivity contribution is 6.04. The molecule has 0 atom stereocenters. The Bertz CT molecular complexity index is 1150. The Balaban J connectivity index is 1.89. The van der Waals surface area contributed by atoms with Gasteiger partial charge in [-0.25, -0.2) is 4.98 Å². The van der Waals surface area contributed by atoms with E-state index in [0.717, 1.165) is 41.2 Å². The van der Waals surface area contributed by atoms with Gasteiger partial charge in [-0.2, -0.15) is 0 Å². The number of aromatic nitrogens is 1. The molecule has 7 heteroatoms. The molecule has 7 nitrogen and oxygen atoms in total. The van der Waals surface area contributed by atoms with Crippen molar-refractivity contribution in [3.05, 3.63) is 59.3 Å². The molecule has 4 rings (SSSR count). The maximum absolute atomic E-state index is 12.2. The summed E-state index contributed by atoms with van der Waals surface area (Å²) in [4.78, 5) is 18.9. The number of morpholine rings is 1. The highest BCUT2D eigenvalue weighted by Crippen LogP contribution is 2.40. The predicted molar refractivity (Wildman–Crippen MR) is 122 cm³/mol. The number of phenols is 1. The molecule has 1 aliphatic rings. The van der Waals surface area contributed by atoms with Gasteiger partial charge in [-0.05, 0) is 72.0 Å². The minimum absolute atomic E-state index is 0.171. The largest absolute Gasteiger partial charge is 0.508 e. The molecule has 1 saturated heterocycles. The summed E-state index contributed by atoms with van der Waals surface area (Å²) in [6.45, 7) is 6.66. The van der Waals surface area contributed by atoms with Crippen LogP contribution in [0.4, 0.5) is 11.5 Å². The van der Waals surface area contributed by atoms with Gasteiger partial charge in [0.25, 0.3) is 5.91 Å². The molecule has 1 aromatic heterocycles. The van der Waals surface area contributed by atoms with Gasteiger partial charge in [-0.15, -0.1) is 0 Å². The summed E-state index contributed by atoms with van der Waals surface area (Å²) in [6.07, 6.45) is 1.75. The molecule has 31 heavy (non-hydrogen) atoms. The first kappa shape index (κ1) is 20.7. The number of ether oxygens (including phenoxy) is 1. The third-order valence-electron chi connectivity index (χ3n) is 5.77. The first-order valence-electron chi connectivity index (χ1n) is 10.2. The summed E-state index contributed by atoms with van der Waals surface area (Å²) in [5, 5.41) is 10.3. The fraction of sp³-hybridized carbons (Fsp3) is 0.250. The number of nitrogens with two attached hydrogens (primary N) is 2. The SMILES string of the molecule is Cc1ccc(O)c(C)c1-c1cc(-c2ccnc(N3CCOCC3)c2)cc(C(N)=O)c1N. The maximum atomic E-state index is 12.2. The molecule has 3 aromatic rings. The van der Waals surface area contributed by atoms with E-state index in [1.807, 2.05) is 38.1 Å². The number of primary amides is 1. The molecule has 1 amide bonds. The minimum atomic E-state index is -0.599. The van der Waals surface area contributed by atoms with E-state index in [2.05, 4.69) is 9.88 Å². The molecule has 0 spiro atoms. The summed E-state index contributed by atoms with van der Waals surface area (Å²) in [7, 11) is 0. The monoisotopic (exact) mass is 418 g/mol. The fourth-order valence-corrected chi connectivity index (χ4v) is 4.04. The smallest absolute Gasteiger partial charge is 0.250 e. The predicted octanol–water partition coefficient (Wildman–Crippen LogP) is 3.26. The molecule has 0 aliphatic carbocycles. The summed E-state index contributed by atoms with van der Waals surface area (Å²) in [5.74, 6) is 0.424. The van der Waals surface area contributed by atoms with E-state index < -0.39 is 5.91 Å². The second-order valence-corrected chi connectivity index (χ2v) is 7.75. The van der Waals surface area contributed by atoms with E-state index >= 15 is 0 Å². The second kappa shape index (κ2) is 8.28. The Morgan fingerprint density at radius 3 is 2.55 bits per heavy atom. The number of carbonyl (C=O) groups excluding carboxylic acids is 1. The van der Waals surface area contributed by atoms with Crippen molar-refractivity contribution >= 4 is 17.4 Å². The Labute approximate surface area is 181 Å². The number of hydrogen-bond donors (Lipinski definition) is 3. The first-order valence-corrected chi connectivity index (χ1v) is 10.2. The quantitative estimate of drug-likeness (QED) is 0.560. The lowest BCUT2D eigenvalue weighted by molar-refractivity contribution is 0.100. The average Bonchev–Trinajstić information content (AvgIpc) is 2.78. The number of carbonyl (C=O) groups is 1. The van der Waals surface area contributed by atoms with Gasteiger partial charge in [0.2, 0.25) is 0 Å². The van der Waals surface area contributed by atoms with Gasteiger partial charge in [0, 0.05) is 24.8 Å². The molecule has 0 unspecified atom stereocenters. The normalized spacial score (nSPS) is 13.9. The van der Waals surface area contributed by atoms with Crippen LogP contribution < -0.4 is 16.4 Å². The molecule has 5 N–H and O–H groups in total. The van der Waals surface area contributed by atoms with Crippen molar-refractivity contribution in [2.24, 2.45) is 5.73 Å². The van der Waals surface area contributed by atoms with Crippen molar-refractivity contribution in [2.45, 2.75) is 13.8 Å². The molecule has 1 aliphatic heterocycles.